The van der Waals surface area contributed by atoms with Crippen LogP contribution in [0, 0.1) is 0 Å². The predicted molar refractivity (Wildman–Crippen MR) is 76.1 cm³/mol. The number of carboxylic acid groups (broad SMARTS) is 1. The highest BCUT2D eigenvalue weighted by Crippen LogP contribution is 2.30. The Balaban J connectivity index is 2.28. The van der Waals surface area contributed by atoms with Crippen molar-refractivity contribution in [3.8, 4) is 5.75 Å². The molecule has 0 aliphatic rings. The van der Waals surface area contributed by atoms with Crippen molar-refractivity contribution in [3.05, 3.63) is 41.1 Å². The lowest BCUT2D eigenvalue weighted by Crippen LogP contribution is -2.14. The van der Waals surface area contributed by atoms with Gasteiger partial charge in [0.2, 0.25) is 0 Å². The number of rotatable bonds is 4. The SMILES string of the molecule is COc1ccc(C(=O)Nc2cc(C(F)(F)F)n(C)n2)cc1C(=O)O. The Kier molecular flexibility index (Phi) is 4.49. The maximum atomic E-state index is 12.7. The smallest absolute Gasteiger partial charge is 0.433 e. The number of carbonyl (C=O) groups excluding carboxylic acids is 1. The Morgan fingerprint density at radius 3 is 2.46 bits per heavy atom. The summed E-state index contributed by atoms with van der Waals surface area (Å²) in [6, 6.07) is 4.30. The van der Waals surface area contributed by atoms with Gasteiger partial charge in [-0.2, -0.15) is 18.3 Å². The van der Waals surface area contributed by atoms with E-state index < -0.39 is 23.7 Å². The van der Waals surface area contributed by atoms with Crippen molar-refractivity contribution in [1.82, 2.24) is 9.78 Å². The second-order valence-corrected chi connectivity index (χ2v) is 4.71. The van der Waals surface area contributed by atoms with Crippen LogP contribution in [0.25, 0.3) is 0 Å². The number of amides is 1. The number of benzene rings is 1. The van der Waals surface area contributed by atoms with Crippen LogP contribution in [0.5, 0.6) is 5.75 Å². The molecule has 2 N–H and O–H groups in total. The van der Waals surface area contributed by atoms with Crippen LogP contribution in [0.2, 0.25) is 0 Å². The molecule has 1 aromatic heterocycles. The minimum Gasteiger partial charge on any atom is -0.496 e. The number of carbonyl (C=O) groups is 2. The highest BCUT2D eigenvalue weighted by molar-refractivity contribution is 6.05. The molecule has 0 spiro atoms. The molecule has 0 saturated carbocycles. The topological polar surface area (TPSA) is 93.5 Å². The van der Waals surface area contributed by atoms with E-state index in [0.29, 0.717) is 10.7 Å². The van der Waals surface area contributed by atoms with Gasteiger partial charge in [-0.15, -0.1) is 0 Å². The van der Waals surface area contributed by atoms with Crippen molar-refractivity contribution in [1.29, 1.82) is 0 Å². The van der Waals surface area contributed by atoms with Gasteiger partial charge in [0.1, 0.15) is 17.0 Å². The number of alkyl halides is 3. The molecule has 128 valence electrons. The Hall–Kier alpha value is -3.04. The molecule has 0 radical (unpaired) electrons. The first-order valence-electron chi connectivity index (χ1n) is 6.47. The summed E-state index contributed by atoms with van der Waals surface area (Å²) in [6.45, 7) is 0. The Morgan fingerprint density at radius 2 is 1.96 bits per heavy atom. The molecule has 0 bridgehead atoms. The fourth-order valence-electron chi connectivity index (χ4n) is 2.00. The fourth-order valence-corrected chi connectivity index (χ4v) is 2.00. The molecule has 2 rings (SSSR count). The zero-order valence-electron chi connectivity index (χ0n) is 12.5. The summed E-state index contributed by atoms with van der Waals surface area (Å²) >= 11 is 0. The average molecular weight is 343 g/mol. The van der Waals surface area contributed by atoms with Crippen LogP contribution in [0.4, 0.5) is 19.0 Å². The van der Waals surface area contributed by atoms with E-state index in [1.54, 1.807) is 0 Å². The van der Waals surface area contributed by atoms with Crippen molar-refractivity contribution < 1.29 is 32.6 Å². The van der Waals surface area contributed by atoms with E-state index in [0.717, 1.165) is 13.1 Å². The van der Waals surface area contributed by atoms with Crippen LogP contribution in [0.3, 0.4) is 0 Å². The van der Waals surface area contributed by atoms with Gasteiger partial charge in [-0.25, -0.2) is 4.79 Å². The molecule has 1 aromatic carbocycles. The van der Waals surface area contributed by atoms with E-state index in [1.165, 1.54) is 19.2 Å². The number of carboxylic acids is 1. The third-order valence-electron chi connectivity index (χ3n) is 3.10. The van der Waals surface area contributed by atoms with E-state index in [4.69, 9.17) is 9.84 Å². The molecule has 0 aliphatic carbocycles. The molecule has 7 nitrogen and oxygen atoms in total. The Morgan fingerprint density at radius 1 is 1.29 bits per heavy atom. The van der Waals surface area contributed by atoms with Crippen LogP contribution in [0.15, 0.2) is 24.3 Å². The first kappa shape index (κ1) is 17.3. The molecular weight excluding hydrogens is 331 g/mol. The summed E-state index contributed by atoms with van der Waals surface area (Å²) in [5.74, 6) is -2.36. The number of halogens is 3. The molecule has 10 heteroatoms. The van der Waals surface area contributed by atoms with Crippen molar-refractivity contribution in [3.63, 3.8) is 0 Å². The Labute approximate surface area is 133 Å². The standard InChI is InChI=1S/C14H12F3N3O4/c1-20-10(14(15,16)17)6-11(19-20)18-12(21)7-3-4-9(24-2)8(5-7)13(22)23/h3-6H,1-2H3,(H,22,23)(H,18,19,21). The minimum absolute atomic E-state index is 0.0521. The van der Waals surface area contributed by atoms with Gasteiger partial charge < -0.3 is 15.2 Å². The van der Waals surface area contributed by atoms with E-state index in [9.17, 15) is 22.8 Å². The van der Waals surface area contributed by atoms with Gasteiger partial charge in [0.05, 0.1) is 7.11 Å². The summed E-state index contributed by atoms with van der Waals surface area (Å²) in [7, 11) is 2.36. The van der Waals surface area contributed by atoms with Gasteiger partial charge in [0.25, 0.3) is 5.91 Å². The monoisotopic (exact) mass is 343 g/mol. The van der Waals surface area contributed by atoms with Crippen LogP contribution < -0.4 is 10.1 Å². The highest BCUT2D eigenvalue weighted by Gasteiger charge is 2.35. The van der Waals surface area contributed by atoms with Crippen LogP contribution >= 0.6 is 0 Å². The molecule has 2 aromatic rings. The van der Waals surface area contributed by atoms with Crippen molar-refractivity contribution in [2.24, 2.45) is 7.05 Å². The Bertz CT molecular complexity index is 799. The first-order valence-corrected chi connectivity index (χ1v) is 6.47. The van der Waals surface area contributed by atoms with Crippen molar-refractivity contribution >= 4 is 17.7 Å². The van der Waals surface area contributed by atoms with Gasteiger partial charge in [-0.3, -0.25) is 9.48 Å². The number of methoxy groups -OCH3 is 1. The minimum atomic E-state index is -4.61. The number of aromatic nitrogens is 2. The summed E-state index contributed by atoms with van der Waals surface area (Å²) < 4.78 is 43.5. The van der Waals surface area contributed by atoms with Gasteiger partial charge in [0.15, 0.2) is 5.82 Å². The van der Waals surface area contributed by atoms with E-state index in [1.807, 2.05) is 0 Å². The zero-order chi connectivity index (χ0) is 18.1. The lowest BCUT2D eigenvalue weighted by atomic mass is 10.1. The average Bonchev–Trinajstić information content (AvgIpc) is 2.87. The van der Waals surface area contributed by atoms with Gasteiger partial charge in [-0.1, -0.05) is 0 Å². The maximum Gasteiger partial charge on any atom is 0.433 e. The highest BCUT2D eigenvalue weighted by atomic mass is 19.4. The number of nitrogens with zero attached hydrogens (tertiary/aromatic N) is 2. The van der Waals surface area contributed by atoms with Crippen LogP contribution in [-0.4, -0.2) is 33.9 Å². The molecular formula is C14H12F3N3O4. The summed E-state index contributed by atoms with van der Waals surface area (Å²) in [4.78, 5) is 23.2. The largest absolute Gasteiger partial charge is 0.496 e. The third-order valence-corrected chi connectivity index (χ3v) is 3.10. The predicted octanol–water partition coefficient (Wildman–Crippen LogP) is 2.40. The number of anilines is 1. The number of hydrogen-bond donors (Lipinski definition) is 2. The molecule has 0 aliphatic heterocycles. The number of hydrogen-bond acceptors (Lipinski definition) is 4. The van der Waals surface area contributed by atoms with Gasteiger partial charge in [-0.05, 0) is 18.2 Å². The van der Waals surface area contributed by atoms with Crippen LogP contribution in [0.1, 0.15) is 26.4 Å². The third kappa shape index (κ3) is 3.47. The molecule has 1 amide bonds. The molecule has 24 heavy (non-hydrogen) atoms. The number of aromatic carboxylic acids is 1. The number of aryl methyl sites for hydroxylation is 1. The normalized spacial score (nSPS) is 11.2. The zero-order valence-corrected chi connectivity index (χ0v) is 12.5. The maximum absolute atomic E-state index is 12.7. The van der Waals surface area contributed by atoms with E-state index >= 15 is 0 Å². The summed E-state index contributed by atoms with van der Waals surface area (Å²) in [6.07, 6.45) is -4.61. The lowest BCUT2D eigenvalue weighted by molar-refractivity contribution is -0.143. The van der Waals surface area contributed by atoms with Crippen LogP contribution in [-0.2, 0) is 13.2 Å². The number of nitrogens with one attached hydrogen (secondary N) is 1. The second-order valence-electron chi connectivity index (χ2n) is 4.71. The molecule has 0 atom stereocenters. The molecule has 1 heterocycles. The van der Waals surface area contributed by atoms with E-state index in [-0.39, 0.29) is 22.7 Å². The van der Waals surface area contributed by atoms with Crippen molar-refractivity contribution in [2.45, 2.75) is 6.18 Å². The van der Waals surface area contributed by atoms with Crippen molar-refractivity contribution in [2.75, 3.05) is 12.4 Å². The molecule has 0 saturated heterocycles. The fraction of sp³-hybridized carbons (Fsp3) is 0.214. The van der Waals surface area contributed by atoms with Gasteiger partial charge in [0, 0.05) is 18.7 Å². The summed E-state index contributed by atoms with van der Waals surface area (Å²) in [5, 5.41) is 14.8. The lowest BCUT2D eigenvalue weighted by Gasteiger charge is -2.07. The second kappa shape index (κ2) is 6.22. The van der Waals surface area contributed by atoms with Gasteiger partial charge >= 0.3 is 12.1 Å². The first-order chi connectivity index (χ1) is 11.1. The quantitative estimate of drug-likeness (QED) is 0.889. The molecule has 0 unspecified atom stereocenters. The van der Waals surface area contributed by atoms with E-state index in [2.05, 4.69) is 10.4 Å². The molecule has 0 fully saturated rings. The summed E-state index contributed by atoms with van der Waals surface area (Å²) in [5.41, 5.74) is -1.34. The number of ether oxygens (including phenoxy) is 1.